The maximum atomic E-state index is 12.0. The van der Waals surface area contributed by atoms with Gasteiger partial charge in [0.1, 0.15) is 5.75 Å². The van der Waals surface area contributed by atoms with Gasteiger partial charge in [0.15, 0.2) is 0 Å². The Kier molecular flexibility index (Phi) is 11.8. The van der Waals surface area contributed by atoms with Gasteiger partial charge >= 0.3 is 5.97 Å². The van der Waals surface area contributed by atoms with Gasteiger partial charge in [-0.1, -0.05) is 96.3 Å². The lowest BCUT2D eigenvalue weighted by molar-refractivity contribution is -0.134. The molecule has 1 aromatic carbocycles. The molecular weight excluding hydrogens is 356 g/mol. The summed E-state index contributed by atoms with van der Waals surface area (Å²) in [6.45, 7) is 4.50. The van der Waals surface area contributed by atoms with Crippen LogP contribution >= 0.6 is 0 Å². The van der Waals surface area contributed by atoms with Crippen molar-refractivity contribution in [1.29, 1.82) is 0 Å². The van der Waals surface area contributed by atoms with E-state index < -0.39 is 0 Å². The number of esters is 1. The fourth-order valence-electron chi connectivity index (χ4n) is 4.24. The highest BCUT2D eigenvalue weighted by Crippen LogP contribution is 2.33. The SMILES string of the molecule is CCCCCCCCC(=O)Oc1ccc(C2=CCC(CCCCCC)CC2)cc1. The van der Waals surface area contributed by atoms with E-state index in [9.17, 15) is 4.79 Å². The molecule has 0 fully saturated rings. The molecular formula is C27H42O2. The molecule has 0 aliphatic heterocycles. The molecule has 1 aromatic rings. The van der Waals surface area contributed by atoms with Crippen LogP contribution in [0.2, 0.25) is 0 Å². The van der Waals surface area contributed by atoms with Crippen LogP contribution in [0.25, 0.3) is 5.57 Å². The molecule has 0 aromatic heterocycles. The standard InChI is InChI=1S/C27H42O2/c1-3-5-7-9-10-12-14-27(28)29-26-21-19-25(20-22-26)24-17-15-23(16-18-24)13-11-8-6-4-2/h17,19-23H,3-16,18H2,1-2H3. The van der Waals surface area contributed by atoms with Gasteiger partial charge in [0.2, 0.25) is 0 Å². The zero-order chi connectivity index (χ0) is 20.7. The molecule has 1 unspecified atom stereocenters. The van der Waals surface area contributed by atoms with E-state index >= 15 is 0 Å². The monoisotopic (exact) mass is 398 g/mol. The van der Waals surface area contributed by atoms with Crippen LogP contribution in [-0.4, -0.2) is 5.97 Å². The van der Waals surface area contributed by atoms with Crippen LogP contribution in [0.1, 0.15) is 116 Å². The third kappa shape index (κ3) is 9.65. The Labute approximate surface area is 179 Å². The smallest absolute Gasteiger partial charge is 0.311 e. The topological polar surface area (TPSA) is 26.3 Å². The van der Waals surface area contributed by atoms with E-state index in [1.807, 2.05) is 12.1 Å². The second-order valence-electron chi connectivity index (χ2n) is 8.74. The molecule has 1 aliphatic carbocycles. The number of hydrogen-bond donors (Lipinski definition) is 0. The molecule has 0 saturated heterocycles. The molecule has 0 bridgehead atoms. The number of ether oxygens (including phenoxy) is 1. The Morgan fingerprint density at radius 3 is 2.21 bits per heavy atom. The minimum Gasteiger partial charge on any atom is -0.427 e. The molecule has 0 N–H and O–H groups in total. The van der Waals surface area contributed by atoms with Crippen LogP contribution in [0.3, 0.4) is 0 Å². The highest BCUT2D eigenvalue weighted by molar-refractivity contribution is 5.73. The third-order valence-corrected chi connectivity index (χ3v) is 6.18. The minimum atomic E-state index is -0.101. The molecule has 1 aliphatic rings. The van der Waals surface area contributed by atoms with Gasteiger partial charge in [-0.05, 0) is 54.9 Å². The van der Waals surface area contributed by atoms with Gasteiger partial charge in [-0.25, -0.2) is 0 Å². The van der Waals surface area contributed by atoms with Crippen LogP contribution in [0.15, 0.2) is 30.3 Å². The third-order valence-electron chi connectivity index (χ3n) is 6.18. The summed E-state index contributed by atoms with van der Waals surface area (Å²) in [7, 11) is 0. The van der Waals surface area contributed by atoms with Crippen LogP contribution in [0, 0.1) is 5.92 Å². The molecule has 0 saturated carbocycles. The second-order valence-corrected chi connectivity index (χ2v) is 8.74. The van der Waals surface area contributed by atoms with E-state index in [-0.39, 0.29) is 5.97 Å². The fourth-order valence-corrected chi connectivity index (χ4v) is 4.24. The Hall–Kier alpha value is -1.57. The molecule has 162 valence electrons. The molecule has 0 amide bonds. The molecule has 2 heteroatoms. The van der Waals surface area contributed by atoms with Gasteiger partial charge in [-0.15, -0.1) is 0 Å². The van der Waals surface area contributed by atoms with Crippen molar-refractivity contribution in [3.05, 3.63) is 35.9 Å². The molecule has 29 heavy (non-hydrogen) atoms. The van der Waals surface area contributed by atoms with Crippen molar-refractivity contribution in [2.75, 3.05) is 0 Å². The maximum absolute atomic E-state index is 12.0. The van der Waals surface area contributed by atoms with Crippen LogP contribution in [0.5, 0.6) is 5.75 Å². The van der Waals surface area contributed by atoms with Crippen molar-refractivity contribution < 1.29 is 9.53 Å². The van der Waals surface area contributed by atoms with Gasteiger partial charge in [-0.2, -0.15) is 0 Å². The molecule has 0 heterocycles. The van der Waals surface area contributed by atoms with Crippen LogP contribution in [0.4, 0.5) is 0 Å². The van der Waals surface area contributed by atoms with Crippen molar-refractivity contribution in [2.45, 2.75) is 110 Å². The first-order valence-electron chi connectivity index (χ1n) is 12.2. The van der Waals surface area contributed by atoms with Crippen LogP contribution in [-0.2, 0) is 4.79 Å². The van der Waals surface area contributed by atoms with Crippen molar-refractivity contribution in [2.24, 2.45) is 5.92 Å². The summed E-state index contributed by atoms with van der Waals surface area (Å²) in [6.07, 6.45) is 20.7. The van der Waals surface area contributed by atoms with Crippen molar-refractivity contribution in [1.82, 2.24) is 0 Å². The van der Waals surface area contributed by atoms with E-state index in [0.717, 1.165) is 18.8 Å². The molecule has 1 atom stereocenters. The highest BCUT2D eigenvalue weighted by Gasteiger charge is 2.15. The molecule has 0 radical (unpaired) electrons. The number of benzene rings is 1. The van der Waals surface area contributed by atoms with Crippen molar-refractivity contribution in [3.63, 3.8) is 0 Å². The Morgan fingerprint density at radius 1 is 0.897 bits per heavy atom. The fraction of sp³-hybridized carbons (Fsp3) is 0.667. The van der Waals surface area contributed by atoms with E-state index in [1.165, 1.54) is 88.2 Å². The van der Waals surface area contributed by atoms with E-state index in [1.54, 1.807) is 0 Å². The van der Waals surface area contributed by atoms with Gasteiger partial charge in [0.05, 0.1) is 0 Å². The first-order valence-corrected chi connectivity index (χ1v) is 12.2. The summed E-state index contributed by atoms with van der Waals surface area (Å²) in [5.74, 6) is 1.45. The number of rotatable bonds is 14. The van der Waals surface area contributed by atoms with Crippen LogP contribution < -0.4 is 4.74 Å². The Bertz CT molecular complexity index is 599. The quantitative estimate of drug-likeness (QED) is 0.178. The summed E-state index contributed by atoms with van der Waals surface area (Å²) < 4.78 is 5.51. The van der Waals surface area contributed by atoms with Gasteiger partial charge in [0, 0.05) is 6.42 Å². The number of unbranched alkanes of at least 4 members (excludes halogenated alkanes) is 8. The zero-order valence-electron chi connectivity index (χ0n) is 18.9. The average Bonchev–Trinajstić information content (AvgIpc) is 2.75. The Morgan fingerprint density at radius 2 is 1.55 bits per heavy atom. The summed E-state index contributed by atoms with van der Waals surface area (Å²) >= 11 is 0. The largest absolute Gasteiger partial charge is 0.427 e. The first kappa shape index (κ1) is 23.7. The number of carbonyl (C=O) groups excluding carboxylic acids is 1. The summed E-state index contributed by atoms with van der Waals surface area (Å²) in [6, 6.07) is 8.12. The summed E-state index contributed by atoms with van der Waals surface area (Å²) in [4.78, 5) is 12.0. The van der Waals surface area contributed by atoms with E-state index in [0.29, 0.717) is 12.2 Å². The normalized spacial score (nSPS) is 16.5. The zero-order valence-corrected chi connectivity index (χ0v) is 18.9. The lowest BCUT2D eigenvalue weighted by Gasteiger charge is -2.22. The van der Waals surface area contributed by atoms with E-state index in [4.69, 9.17) is 4.74 Å². The van der Waals surface area contributed by atoms with Gasteiger partial charge in [0.25, 0.3) is 0 Å². The van der Waals surface area contributed by atoms with Gasteiger partial charge < -0.3 is 4.74 Å². The van der Waals surface area contributed by atoms with Gasteiger partial charge in [-0.3, -0.25) is 4.79 Å². The second kappa shape index (κ2) is 14.4. The molecule has 0 spiro atoms. The predicted octanol–water partition coefficient (Wildman–Crippen LogP) is 8.50. The number of hydrogen-bond acceptors (Lipinski definition) is 2. The highest BCUT2D eigenvalue weighted by atomic mass is 16.5. The number of allylic oxidation sites excluding steroid dienone is 2. The average molecular weight is 399 g/mol. The molecule has 2 nitrogen and oxygen atoms in total. The van der Waals surface area contributed by atoms with Crippen molar-refractivity contribution in [3.8, 4) is 5.75 Å². The molecule has 2 rings (SSSR count). The van der Waals surface area contributed by atoms with E-state index in [2.05, 4.69) is 32.1 Å². The number of carbonyl (C=O) groups is 1. The van der Waals surface area contributed by atoms with Crippen molar-refractivity contribution >= 4 is 11.5 Å². The lowest BCUT2D eigenvalue weighted by Crippen LogP contribution is -2.08. The first-order chi connectivity index (χ1) is 14.2. The predicted molar refractivity (Wildman–Crippen MR) is 124 cm³/mol. The Balaban J connectivity index is 1.69. The maximum Gasteiger partial charge on any atom is 0.311 e. The summed E-state index contributed by atoms with van der Waals surface area (Å²) in [5.41, 5.74) is 2.74. The summed E-state index contributed by atoms with van der Waals surface area (Å²) in [5, 5.41) is 0. The lowest BCUT2D eigenvalue weighted by atomic mass is 9.84. The minimum absolute atomic E-state index is 0.101.